The highest BCUT2D eigenvalue weighted by molar-refractivity contribution is 9.13. The molecule has 1 aromatic carbocycles. The number of rotatable bonds is 2. The summed E-state index contributed by atoms with van der Waals surface area (Å²) in [5.41, 5.74) is 11.0. The van der Waals surface area contributed by atoms with Gasteiger partial charge in [0.25, 0.3) is 0 Å². The van der Waals surface area contributed by atoms with Gasteiger partial charge in [-0.05, 0) is 88.1 Å². The lowest BCUT2D eigenvalue weighted by molar-refractivity contribution is 0.408. The van der Waals surface area contributed by atoms with Crippen LogP contribution in [0.2, 0.25) is 0 Å². The van der Waals surface area contributed by atoms with E-state index in [1.807, 2.05) is 0 Å². The van der Waals surface area contributed by atoms with E-state index in [9.17, 15) is 0 Å². The van der Waals surface area contributed by atoms with Crippen LogP contribution in [0, 0.1) is 12.8 Å². The van der Waals surface area contributed by atoms with Crippen LogP contribution in [-0.2, 0) is 13.0 Å². The molecule has 2 aromatic rings. The fourth-order valence-corrected chi connectivity index (χ4v) is 5.09. The maximum absolute atomic E-state index is 5.84. The van der Waals surface area contributed by atoms with E-state index in [0.29, 0.717) is 5.92 Å². The third-order valence-corrected chi connectivity index (χ3v) is 7.81. The molecule has 0 radical (unpaired) electrons. The molecule has 0 bridgehead atoms. The molecule has 4 nitrogen and oxygen atoms in total. The van der Waals surface area contributed by atoms with Gasteiger partial charge in [0.1, 0.15) is 0 Å². The number of benzene rings is 1. The van der Waals surface area contributed by atoms with Gasteiger partial charge in [-0.3, -0.25) is 0 Å². The normalized spacial score (nSPS) is 18.9. The molecule has 0 atom stereocenters. The van der Waals surface area contributed by atoms with E-state index in [-0.39, 0.29) is 0 Å². The van der Waals surface area contributed by atoms with Crippen molar-refractivity contribution in [1.29, 1.82) is 0 Å². The molecule has 1 fully saturated rings. The van der Waals surface area contributed by atoms with Crippen LogP contribution in [0.15, 0.2) is 8.95 Å². The van der Waals surface area contributed by atoms with Gasteiger partial charge in [-0.25, -0.2) is 4.98 Å². The van der Waals surface area contributed by atoms with Crippen LogP contribution in [0.4, 0.5) is 5.95 Å². The Morgan fingerprint density at radius 2 is 1.91 bits per heavy atom. The van der Waals surface area contributed by atoms with Crippen LogP contribution >= 0.6 is 31.9 Å². The molecule has 3 heterocycles. The van der Waals surface area contributed by atoms with Gasteiger partial charge in [-0.2, -0.15) is 0 Å². The summed E-state index contributed by atoms with van der Waals surface area (Å²) < 4.78 is 4.80. The van der Waals surface area contributed by atoms with Crippen LogP contribution in [0.5, 0.6) is 0 Å². The van der Waals surface area contributed by atoms with E-state index in [1.165, 1.54) is 40.4 Å². The van der Waals surface area contributed by atoms with E-state index >= 15 is 0 Å². The summed E-state index contributed by atoms with van der Waals surface area (Å²) in [7, 11) is 0. The number of aromatic nitrogens is 2. The number of aryl methyl sites for hydroxylation is 3. The van der Waals surface area contributed by atoms with Crippen molar-refractivity contribution in [3.63, 3.8) is 0 Å². The predicted molar refractivity (Wildman–Crippen MR) is 102 cm³/mol. The fourth-order valence-electron chi connectivity index (χ4n) is 3.98. The zero-order valence-corrected chi connectivity index (χ0v) is 16.6. The number of halogens is 2. The maximum Gasteiger partial charge on any atom is 0.206 e. The van der Waals surface area contributed by atoms with Crippen LogP contribution in [0.3, 0.4) is 0 Å². The molecule has 6 heteroatoms. The minimum atomic E-state index is 0.678. The predicted octanol–water partition coefficient (Wildman–Crippen LogP) is 3.99. The Morgan fingerprint density at radius 3 is 2.61 bits per heavy atom. The van der Waals surface area contributed by atoms with Crippen molar-refractivity contribution in [3.05, 3.63) is 20.1 Å². The van der Waals surface area contributed by atoms with E-state index < -0.39 is 0 Å². The quantitative estimate of drug-likeness (QED) is 0.766. The Labute approximate surface area is 153 Å². The zero-order chi connectivity index (χ0) is 16.1. The van der Waals surface area contributed by atoms with E-state index in [2.05, 4.69) is 48.3 Å². The highest BCUT2D eigenvalue weighted by Gasteiger charge is 2.28. The van der Waals surface area contributed by atoms with Crippen molar-refractivity contribution in [2.24, 2.45) is 11.7 Å². The summed E-state index contributed by atoms with van der Waals surface area (Å²) in [6, 6.07) is 0. The molecule has 0 unspecified atom stereocenters. The summed E-state index contributed by atoms with van der Waals surface area (Å²) in [5, 5.41) is 0. The summed E-state index contributed by atoms with van der Waals surface area (Å²) in [6.45, 7) is 6.19. The SMILES string of the molecule is Cc1c(Br)c(Br)c2c3c1nc(N1CCC(CN)CC1)n3CCC2. The molecule has 2 aliphatic heterocycles. The second-order valence-electron chi connectivity index (χ2n) is 6.76. The number of piperidine rings is 1. The van der Waals surface area contributed by atoms with Crippen molar-refractivity contribution < 1.29 is 0 Å². The number of imidazole rings is 1. The molecular formula is C17H22Br2N4. The van der Waals surface area contributed by atoms with Crippen LogP contribution in [0.25, 0.3) is 11.0 Å². The molecule has 1 saturated heterocycles. The number of hydrogen-bond donors (Lipinski definition) is 1. The first-order chi connectivity index (χ1) is 11.1. The van der Waals surface area contributed by atoms with Gasteiger partial charge in [-0.1, -0.05) is 0 Å². The Balaban J connectivity index is 1.84. The molecule has 0 amide bonds. The third kappa shape index (κ3) is 2.45. The van der Waals surface area contributed by atoms with Gasteiger partial charge < -0.3 is 15.2 Å². The Kier molecular flexibility index (Phi) is 4.18. The monoisotopic (exact) mass is 440 g/mol. The minimum absolute atomic E-state index is 0.678. The van der Waals surface area contributed by atoms with Gasteiger partial charge in [0.05, 0.1) is 11.0 Å². The van der Waals surface area contributed by atoms with Crippen molar-refractivity contribution in [3.8, 4) is 0 Å². The van der Waals surface area contributed by atoms with Crippen molar-refractivity contribution in [1.82, 2.24) is 9.55 Å². The first-order valence-electron chi connectivity index (χ1n) is 8.43. The summed E-state index contributed by atoms with van der Waals surface area (Å²) in [4.78, 5) is 7.53. The fraction of sp³-hybridized carbons (Fsp3) is 0.588. The van der Waals surface area contributed by atoms with E-state index in [1.54, 1.807) is 0 Å². The highest BCUT2D eigenvalue weighted by atomic mass is 79.9. The van der Waals surface area contributed by atoms with Gasteiger partial charge >= 0.3 is 0 Å². The van der Waals surface area contributed by atoms with Crippen LogP contribution < -0.4 is 10.6 Å². The van der Waals surface area contributed by atoms with Crippen molar-refractivity contribution >= 4 is 48.8 Å². The van der Waals surface area contributed by atoms with Gasteiger partial charge in [0.2, 0.25) is 5.95 Å². The maximum atomic E-state index is 5.84. The number of nitrogens with zero attached hydrogens (tertiary/aromatic N) is 3. The Morgan fingerprint density at radius 1 is 1.17 bits per heavy atom. The first kappa shape index (κ1) is 15.9. The summed E-state index contributed by atoms with van der Waals surface area (Å²) in [5.74, 6) is 1.84. The number of nitrogens with two attached hydrogens (primary N) is 1. The zero-order valence-electron chi connectivity index (χ0n) is 13.4. The molecule has 2 N–H and O–H groups in total. The van der Waals surface area contributed by atoms with Crippen molar-refractivity contribution in [2.45, 2.75) is 39.2 Å². The lowest BCUT2D eigenvalue weighted by Gasteiger charge is -2.33. The minimum Gasteiger partial charge on any atom is -0.342 e. The van der Waals surface area contributed by atoms with Crippen molar-refractivity contribution in [2.75, 3.05) is 24.5 Å². The van der Waals surface area contributed by atoms with Crippen LogP contribution in [0.1, 0.15) is 30.4 Å². The lowest BCUT2D eigenvalue weighted by atomic mass is 9.97. The molecule has 0 saturated carbocycles. The van der Waals surface area contributed by atoms with Crippen LogP contribution in [-0.4, -0.2) is 29.2 Å². The topological polar surface area (TPSA) is 47.1 Å². The van der Waals surface area contributed by atoms with Gasteiger partial charge in [0, 0.05) is 28.6 Å². The Bertz CT molecular complexity index is 760. The van der Waals surface area contributed by atoms with Gasteiger partial charge in [-0.15, -0.1) is 0 Å². The number of hydrogen-bond acceptors (Lipinski definition) is 3. The number of anilines is 1. The van der Waals surface area contributed by atoms with E-state index in [0.717, 1.165) is 48.5 Å². The molecule has 1 aromatic heterocycles. The molecule has 124 valence electrons. The average Bonchev–Trinajstić information content (AvgIpc) is 2.98. The molecule has 2 aliphatic rings. The average molecular weight is 442 g/mol. The summed E-state index contributed by atoms with van der Waals surface area (Å²) in [6.07, 6.45) is 4.66. The second-order valence-corrected chi connectivity index (χ2v) is 8.35. The Hall–Kier alpha value is -0.590. The largest absolute Gasteiger partial charge is 0.342 e. The third-order valence-electron chi connectivity index (χ3n) is 5.41. The van der Waals surface area contributed by atoms with Gasteiger partial charge in [0.15, 0.2) is 0 Å². The molecular weight excluding hydrogens is 420 g/mol. The first-order valence-corrected chi connectivity index (χ1v) is 10.0. The molecule has 0 spiro atoms. The van der Waals surface area contributed by atoms with E-state index in [4.69, 9.17) is 10.7 Å². The standard InChI is InChI=1S/C17H22Br2N4/c1-10-13(18)14(19)12-3-2-6-23-16(12)15(10)21-17(23)22-7-4-11(9-20)5-8-22/h11H,2-9,20H2,1H3. The summed E-state index contributed by atoms with van der Waals surface area (Å²) >= 11 is 7.53. The molecule has 23 heavy (non-hydrogen) atoms. The second kappa shape index (κ2) is 6.05. The lowest BCUT2D eigenvalue weighted by Crippen LogP contribution is -2.37. The molecule has 4 rings (SSSR count). The highest BCUT2D eigenvalue weighted by Crippen LogP contribution is 2.41. The smallest absolute Gasteiger partial charge is 0.206 e. The molecule has 0 aliphatic carbocycles.